The third-order valence-electron chi connectivity index (χ3n) is 5.56. The van der Waals surface area contributed by atoms with E-state index in [9.17, 15) is 13.6 Å². The van der Waals surface area contributed by atoms with Gasteiger partial charge < -0.3 is 21.3 Å². The largest absolute Gasteiger partial charge is 0.371 e. The van der Waals surface area contributed by atoms with E-state index in [1.807, 2.05) is 0 Å². The lowest BCUT2D eigenvalue weighted by Gasteiger charge is -2.26. The van der Waals surface area contributed by atoms with Crippen molar-refractivity contribution in [2.24, 2.45) is 5.73 Å². The van der Waals surface area contributed by atoms with Crippen LogP contribution in [0.5, 0.6) is 0 Å². The maximum Gasteiger partial charge on any atom is 0.217 e. The van der Waals surface area contributed by atoms with Crippen LogP contribution in [0.1, 0.15) is 30.5 Å². The summed E-state index contributed by atoms with van der Waals surface area (Å²) in [5.41, 5.74) is 10.6. The molecule has 8 heteroatoms. The molecule has 0 radical (unpaired) electrons. The number of hydrogen-bond donors (Lipinski definition) is 3. The Morgan fingerprint density at radius 1 is 1.23 bits per heavy atom. The van der Waals surface area contributed by atoms with E-state index < -0.39 is 23.7 Å². The van der Waals surface area contributed by atoms with E-state index >= 15 is 0 Å². The topological polar surface area (TPSA) is 70.4 Å². The van der Waals surface area contributed by atoms with Crippen molar-refractivity contribution >= 4 is 27.5 Å². The average molecular weight is 495 g/mol. The van der Waals surface area contributed by atoms with Crippen LogP contribution in [0.2, 0.25) is 0 Å². The van der Waals surface area contributed by atoms with Crippen LogP contribution in [0.25, 0.3) is 0 Å². The molecule has 31 heavy (non-hydrogen) atoms. The molecule has 0 aromatic heterocycles. The zero-order valence-electron chi connectivity index (χ0n) is 17.9. The highest BCUT2D eigenvalue weighted by molar-refractivity contribution is 9.10. The molecule has 0 unspecified atom stereocenters. The van der Waals surface area contributed by atoms with Gasteiger partial charge in [-0.15, -0.1) is 0 Å². The molecule has 0 saturated carbocycles. The van der Waals surface area contributed by atoms with Crippen molar-refractivity contribution in [1.82, 2.24) is 10.6 Å². The average Bonchev–Trinajstić information content (AvgIpc) is 3.09. The Bertz CT molecular complexity index is 920. The number of rotatable bonds is 9. The minimum absolute atomic E-state index is 0.235. The van der Waals surface area contributed by atoms with Gasteiger partial charge in [0.25, 0.3) is 0 Å². The number of amides is 1. The summed E-state index contributed by atoms with van der Waals surface area (Å²) in [5.74, 6) is -1.53. The number of fused-ring (bicyclic) bond motifs is 1. The monoisotopic (exact) mass is 494 g/mol. The second-order valence-electron chi connectivity index (χ2n) is 7.99. The van der Waals surface area contributed by atoms with Gasteiger partial charge in [-0.25, -0.2) is 8.78 Å². The Balaban J connectivity index is 1.66. The Labute approximate surface area is 190 Å². The number of halogens is 3. The van der Waals surface area contributed by atoms with Crippen molar-refractivity contribution in [3.8, 4) is 0 Å². The van der Waals surface area contributed by atoms with Gasteiger partial charge in [0, 0.05) is 61.4 Å². The fraction of sp³-hybridized carbons (Fsp3) is 0.435. The van der Waals surface area contributed by atoms with Crippen LogP contribution in [-0.4, -0.2) is 37.6 Å². The summed E-state index contributed by atoms with van der Waals surface area (Å²) in [6.07, 6.45) is 1.27. The third-order valence-corrected chi connectivity index (χ3v) is 6.02. The fourth-order valence-corrected chi connectivity index (χ4v) is 4.75. The van der Waals surface area contributed by atoms with Crippen LogP contribution in [-0.2, 0) is 24.2 Å². The van der Waals surface area contributed by atoms with Crippen molar-refractivity contribution in [2.45, 2.75) is 45.3 Å². The van der Waals surface area contributed by atoms with Gasteiger partial charge in [0.2, 0.25) is 5.91 Å². The van der Waals surface area contributed by atoms with E-state index in [1.54, 1.807) is 0 Å². The van der Waals surface area contributed by atoms with E-state index in [0.29, 0.717) is 18.7 Å². The summed E-state index contributed by atoms with van der Waals surface area (Å²) in [4.78, 5) is 14.0. The minimum Gasteiger partial charge on any atom is -0.371 e. The standard InChI is InChI=1S/C23H29BrF2N4O/c1-3-30-5-4-16-9-18(24)10-17(23(16)30)12-28-13-21(27)22(29-14(2)31)8-15-6-19(25)11-20(26)7-15/h6-7,9-11,21-22,28H,3-5,8,12-13,27H2,1-2H3,(H,29,31)/t21-,22+/m1/s1. The fourth-order valence-electron chi connectivity index (χ4n) is 4.20. The molecule has 5 nitrogen and oxygen atoms in total. The Kier molecular flexibility index (Phi) is 8.02. The van der Waals surface area contributed by atoms with Crippen molar-refractivity contribution in [3.63, 3.8) is 0 Å². The van der Waals surface area contributed by atoms with Crippen LogP contribution >= 0.6 is 15.9 Å². The predicted octanol–water partition coefficient (Wildman–Crippen LogP) is 3.27. The van der Waals surface area contributed by atoms with Crippen LogP contribution < -0.4 is 21.3 Å². The number of benzene rings is 2. The first-order chi connectivity index (χ1) is 14.8. The highest BCUT2D eigenvalue weighted by Crippen LogP contribution is 2.34. The number of nitrogens with two attached hydrogens (primary N) is 1. The molecule has 1 heterocycles. The summed E-state index contributed by atoms with van der Waals surface area (Å²) < 4.78 is 28.2. The van der Waals surface area contributed by atoms with Crippen molar-refractivity contribution in [3.05, 3.63) is 63.1 Å². The molecule has 2 atom stereocenters. The summed E-state index contributed by atoms with van der Waals surface area (Å²) in [7, 11) is 0. The molecule has 168 valence electrons. The molecular weight excluding hydrogens is 466 g/mol. The first kappa shape index (κ1) is 23.6. The number of nitrogens with zero attached hydrogens (tertiary/aromatic N) is 1. The van der Waals surface area contributed by atoms with Gasteiger partial charge in [-0.2, -0.15) is 0 Å². The lowest BCUT2D eigenvalue weighted by atomic mass is 9.99. The minimum atomic E-state index is -0.646. The molecule has 0 aliphatic carbocycles. The number of hydrogen-bond acceptors (Lipinski definition) is 4. The number of likely N-dealkylation sites (N-methyl/N-ethyl adjacent to an activating group) is 1. The molecular formula is C23H29BrF2N4O. The number of nitrogens with one attached hydrogen (secondary N) is 2. The second-order valence-corrected chi connectivity index (χ2v) is 8.90. The molecule has 4 N–H and O–H groups in total. The molecule has 0 bridgehead atoms. The zero-order valence-corrected chi connectivity index (χ0v) is 19.4. The van der Waals surface area contributed by atoms with E-state index in [4.69, 9.17) is 5.73 Å². The molecule has 1 amide bonds. The van der Waals surface area contributed by atoms with Gasteiger partial charge in [-0.05, 0) is 60.7 Å². The van der Waals surface area contributed by atoms with Gasteiger partial charge in [0.05, 0.1) is 0 Å². The molecule has 3 rings (SSSR count). The zero-order chi connectivity index (χ0) is 22.5. The summed E-state index contributed by atoms with van der Waals surface area (Å²) in [6.45, 7) is 6.60. The maximum atomic E-state index is 13.6. The maximum absolute atomic E-state index is 13.6. The lowest BCUT2D eigenvalue weighted by molar-refractivity contribution is -0.119. The Hall–Kier alpha value is -2.03. The van der Waals surface area contributed by atoms with Crippen LogP contribution in [0.3, 0.4) is 0 Å². The first-order valence-electron chi connectivity index (χ1n) is 10.5. The van der Waals surface area contributed by atoms with E-state index in [2.05, 4.69) is 50.5 Å². The van der Waals surface area contributed by atoms with E-state index in [-0.39, 0.29) is 12.3 Å². The SMILES string of the molecule is CCN1CCc2cc(Br)cc(CNC[C@@H](N)[C@H](Cc3cc(F)cc(F)c3)NC(C)=O)c21. The highest BCUT2D eigenvalue weighted by atomic mass is 79.9. The van der Waals surface area contributed by atoms with Crippen molar-refractivity contribution in [1.29, 1.82) is 0 Å². The summed E-state index contributed by atoms with van der Waals surface area (Å²) in [5, 5.41) is 6.21. The highest BCUT2D eigenvalue weighted by Gasteiger charge is 2.23. The van der Waals surface area contributed by atoms with Crippen LogP contribution in [0, 0.1) is 11.6 Å². The summed E-state index contributed by atoms with van der Waals surface area (Å²) >= 11 is 3.60. The Morgan fingerprint density at radius 2 is 1.94 bits per heavy atom. The normalized spacial score (nSPS) is 15.0. The number of anilines is 1. The molecule has 0 spiro atoms. The third kappa shape index (κ3) is 6.24. The van der Waals surface area contributed by atoms with E-state index in [0.717, 1.165) is 30.0 Å². The summed E-state index contributed by atoms with van der Waals surface area (Å²) in [6, 6.07) is 6.76. The van der Waals surface area contributed by atoms with Gasteiger partial charge in [0.1, 0.15) is 11.6 Å². The predicted molar refractivity (Wildman–Crippen MR) is 123 cm³/mol. The Morgan fingerprint density at radius 3 is 2.58 bits per heavy atom. The number of carbonyl (C=O) groups is 1. The van der Waals surface area contributed by atoms with Gasteiger partial charge in [-0.3, -0.25) is 4.79 Å². The quantitative estimate of drug-likeness (QED) is 0.500. The lowest BCUT2D eigenvalue weighted by Crippen LogP contribution is -2.52. The van der Waals surface area contributed by atoms with Gasteiger partial charge >= 0.3 is 0 Å². The smallest absolute Gasteiger partial charge is 0.217 e. The molecule has 2 aromatic rings. The van der Waals surface area contributed by atoms with Crippen LogP contribution in [0.15, 0.2) is 34.8 Å². The molecule has 1 aliphatic rings. The van der Waals surface area contributed by atoms with Crippen molar-refractivity contribution in [2.75, 3.05) is 24.5 Å². The molecule has 2 aromatic carbocycles. The molecule has 0 fully saturated rings. The first-order valence-corrected chi connectivity index (χ1v) is 11.3. The van der Waals surface area contributed by atoms with Crippen LogP contribution in [0.4, 0.5) is 14.5 Å². The van der Waals surface area contributed by atoms with Crippen molar-refractivity contribution < 1.29 is 13.6 Å². The number of carbonyl (C=O) groups excluding carboxylic acids is 1. The van der Waals surface area contributed by atoms with E-state index in [1.165, 1.54) is 35.9 Å². The van der Waals surface area contributed by atoms with Gasteiger partial charge in [0.15, 0.2) is 0 Å². The van der Waals surface area contributed by atoms with Gasteiger partial charge in [-0.1, -0.05) is 15.9 Å². The second kappa shape index (κ2) is 10.5. The molecule has 0 saturated heterocycles. The molecule has 1 aliphatic heterocycles.